The summed E-state index contributed by atoms with van der Waals surface area (Å²) in [6.07, 6.45) is 2.13. The largest absolute Gasteiger partial charge is 0.388 e. The van der Waals surface area contributed by atoms with Gasteiger partial charge in [0.2, 0.25) is 0 Å². The van der Waals surface area contributed by atoms with Crippen LogP contribution in [0.2, 0.25) is 0 Å². The van der Waals surface area contributed by atoms with E-state index in [1.54, 1.807) is 6.20 Å². The minimum Gasteiger partial charge on any atom is -0.388 e. The van der Waals surface area contributed by atoms with E-state index in [1.165, 1.54) is 0 Å². The Morgan fingerprint density at radius 3 is 2.75 bits per heavy atom. The molecule has 1 aromatic heterocycles. The molecule has 1 aromatic rings. The van der Waals surface area contributed by atoms with E-state index in [1.807, 2.05) is 19.1 Å². The number of pyridine rings is 1. The standard InChI is InChI=1S/C12H19N3O/c1-2-11(16)10-3-4-12(14-9-10)15-7-5-13-6-8-15/h3-4,9,11,13,16H,2,5-8H2,1H3. The molecule has 4 heteroatoms. The van der Waals surface area contributed by atoms with Crippen LogP contribution in [0.1, 0.15) is 25.0 Å². The van der Waals surface area contributed by atoms with Crippen molar-refractivity contribution in [2.45, 2.75) is 19.4 Å². The second-order valence-corrected chi connectivity index (χ2v) is 4.11. The number of hydrogen-bond donors (Lipinski definition) is 2. The number of nitrogens with one attached hydrogen (secondary N) is 1. The van der Waals surface area contributed by atoms with Crippen LogP contribution in [0.5, 0.6) is 0 Å². The molecule has 1 aliphatic rings. The Morgan fingerprint density at radius 1 is 1.44 bits per heavy atom. The molecule has 0 amide bonds. The van der Waals surface area contributed by atoms with Gasteiger partial charge in [-0.2, -0.15) is 0 Å². The molecular weight excluding hydrogens is 202 g/mol. The fourth-order valence-corrected chi connectivity index (χ4v) is 1.91. The first-order chi connectivity index (χ1) is 7.81. The van der Waals surface area contributed by atoms with E-state index < -0.39 is 0 Å². The molecule has 1 saturated heterocycles. The Balaban J connectivity index is 2.06. The second kappa shape index (κ2) is 5.27. The Morgan fingerprint density at radius 2 is 2.19 bits per heavy atom. The summed E-state index contributed by atoms with van der Waals surface area (Å²) in [5.74, 6) is 1.01. The summed E-state index contributed by atoms with van der Waals surface area (Å²) < 4.78 is 0. The lowest BCUT2D eigenvalue weighted by Crippen LogP contribution is -2.43. The SMILES string of the molecule is CCC(O)c1ccc(N2CCNCC2)nc1. The van der Waals surface area contributed by atoms with Crippen molar-refractivity contribution < 1.29 is 5.11 Å². The van der Waals surface area contributed by atoms with Crippen molar-refractivity contribution >= 4 is 5.82 Å². The third kappa shape index (κ3) is 2.51. The molecule has 1 aliphatic heterocycles. The minimum absolute atomic E-state index is 0.385. The van der Waals surface area contributed by atoms with Crippen molar-refractivity contribution in [3.63, 3.8) is 0 Å². The molecule has 1 unspecified atom stereocenters. The van der Waals surface area contributed by atoms with Crippen molar-refractivity contribution in [1.29, 1.82) is 0 Å². The van der Waals surface area contributed by atoms with Gasteiger partial charge in [-0.3, -0.25) is 0 Å². The molecule has 2 N–H and O–H groups in total. The quantitative estimate of drug-likeness (QED) is 0.797. The summed E-state index contributed by atoms with van der Waals surface area (Å²) in [5, 5.41) is 13.0. The van der Waals surface area contributed by atoms with Crippen LogP contribution in [0.25, 0.3) is 0 Å². The summed E-state index contributed by atoms with van der Waals surface area (Å²) in [5.41, 5.74) is 0.904. The van der Waals surface area contributed by atoms with Gasteiger partial charge >= 0.3 is 0 Å². The van der Waals surface area contributed by atoms with Crippen LogP contribution in [0, 0.1) is 0 Å². The first-order valence-electron chi connectivity index (χ1n) is 5.91. The van der Waals surface area contributed by atoms with Crippen molar-refractivity contribution in [2.24, 2.45) is 0 Å². The van der Waals surface area contributed by atoms with E-state index >= 15 is 0 Å². The van der Waals surface area contributed by atoms with E-state index in [0.717, 1.165) is 44.0 Å². The first kappa shape index (κ1) is 11.4. The number of nitrogens with zero attached hydrogens (tertiary/aromatic N) is 2. The lowest BCUT2D eigenvalue weighted by atomic mass is 10.1. The average molecular weight is 221 g/mol. The van der Waals surface area contributed by atoms with Crippen LogP contribution in [-0.4, -0.2) is 36.3 Å². The predicted octanol–water partition coefficient (Wildman–Crippen LogP) is 0.935. The second-order valence-electron chi connectivity index (χ2n) is 4.11. The molecule has 0 saturated carbocycles. The zero-order valence-corrected chi connectivity index (χ0v) is 9.69. The zero-order valence-electron chi connectivity index (χ0n) is 9.69. The molecule has 0 aliphatic carbocycles. The van der Waals surface area contributed by atoms with E-state index in [2.05, 4.69) is 15.2 Å². The molecule has 0 radical (unpaired) electrons. The normalized spacial score (nSPS) is 18.5. The number of aromatic nitrogens is 1. The lowest BCUT2D eigenvalue weighted by Gasteiger charge is -2.28. The fraction of sp³-hybridized carbons (Fsp3) is 0.583. The van der Waals surface area contributed by atoms with Crippen LogP contribution in [-0.2, 0) is 0 Å². The highest BCUT2D eigenvalue weighted by atomic mass is 16.3. The summed E-state index contributed by atoms with van der Waals surface area (Å²) in [7, 11) is 0. The van der Waals surface area contributed by atoms with Crippen molar-refractivity contribution in [3.8, 4) is 0 Å². The highest BCUT2D eigenvalue weighted by Crippen LogP contribution is 2.18. The van der Waals surface area contributed by atoms with Gasteiger partial charge in [-0.05, 0) is 18.1 Å². The average Bonchev–Trinajstić information content (AvgIpc) is 2.39. The Hall–Kier alpha value is -1.13. The molecule has 2 heterocycles. The Labute approximate surface area is 96.3 Å². The fourth-order valence-electron chi connectivity index (χ4n) is 1.91. The molecular formula is C12H19N3O. The van der Waals surface area contributed by atoms with Gasteiger partial charge in [0.1, 0.15) is 5.82 Å². The molecule has 1 fully saturated rings. The maximum absolute atomic E-state index is 9.67. The van der Waals surface area contributed by atoms with E-state index in [0.29, 0.717) is 0 Å². The van der Waals surface area contributed by atoms with E-state index in [4.69, 9.17) is 0 Å². The highest BCUT2D eigenvalue weighted by molar-refractivity contribution is 5.40. The van der Waals surface area contributed by atoms with E-state index in [-0.39, 0.29) is 6.10 Å². The van der Waals surface area contributed by atoms with Gasteiger partial charge in [0, 0.05) is 32.4 Å². The number of aliphatic hydroxyl groups is 1. The maximum Gasteiger partial charge on any atom is 0.128 e. The lowest BCUT2D eigenvalue weighted by molar-refractivity contribution is 0.173. The zero-order chi connectivity index (χ0) is 11.4. The van der Waals surface area contributed by atoms with Crippen LogP contribution in [0.3, 0.4) is 0 Å². The van der Waals surface area contributed by atoms with Gasteiger partial charge < -0.3 is 15.3 Å². The van der Waals surface area contributed by atoms with E-state index in [9.17, 15) is 5.11 Å². The maximum atomic E-state index is 9.67. The van der Waals surface area contributed by atoms with Crippen LogP contribution >= 0.6 is 0 Å². The van der Waals surface area contributed by atoms with Gasteiger partial charge in [-0.25, -0.2) is 4.98 Å². The van der Waals surface area contributed by atoms with Crippen molar-refractivity contribution in [2.75, 3.05) is 31.1 Å². The number of piperazine rings is 1. The first-order valence-corrected chi connectivity index (χ1v) is 5.91. The number of hydrogen-bond acceptors (Lipinski definition) is 4. The predicted molar refractivity (Wildman–Crippen MR) is 64.6 cm³/mol. The molecule has 1 atom stereocenters. The van der Waals surface area contributed by atoms with Gasteiger partial charge in [-0.1, -0.05) is 13.0 Å². The topological polar surface area (TPSA) is 48.4 Å². The molecule has 16 heavy (non-hydrogen) atoms. The monoisotopic (exact) mass is 221 g/mol. The van der Waals surface area contributed by atoms with Crippen molar-refractivity contribution in [3.05, 3.63) is 23.9 Å². The summed E-state index contributed by atoms with van der Waals surface area (Å²) >= 11 is 0. The molecule has 88 valence electrons. The molecule has 0 aromatic carbocycles. The summed E-state index contributed by atoms with van der Waals surface area (Å²) in [6, 6.07) is 3.97. The van der Waals surface area contributed by atoms with Gasteiger partial charge in [0.15, 0.2) is 0 Å². The molecule has 0 spiro atoms. The van der Waals surface area contributed by atoms with Gasteiger partial charge in [0.25, 0.3) is 0 Å². The number of anilines is 1. The Kier molecular flexibility index (Phi) is 3.74. The minimum atomic E-state index is -0.385. The highest BCUT2D eigenvalue weighted by Gasteiger charge is 2.12. The van der Waals surface area contributed by atoms with Gasteiger partial charge in [-0.15, -0.1) is 0 Å². The number of aliphatic hydroxyl groups excluding tert-OH is 1. The third-order valence-electron chi connectivity index (χ3n) is 2.98. The third-order valence-corrected chi connectivity index (χ3v) is 2.98. The van der Waals surface area contributed by atoms with Crippen LogP contribution in [0.15, 0.2) is 18.3 Å². The molecule has 0 bridgehead atoms. The van der Waals surface area contributed by atoms with Crippen molar-refractivity contribution in [1.82, 2.24) is 10.3 Å². The molecule has 2 rings (SSSR count). The smallest absolute Gasteiger partial charge is 0.128 e. The summed E-state index contributed by atoms with van der Waals surface area (Å²) in [6.45, 7) is 6.00. The Bertz CT molecular complexity index is 320. The van der Waals surface area contributed by atoms with Crippen LogP contribution < -0.4 is 10.2 Å². The summed E-state index contributed by atoms with van der Waals surface area (Å²) in [4.78, 5) is 6.67. The number of rotatable bonds is 3. The molecule has 4 nitrogen and oxygen atoms in total. The van der Waals surface area contributed by atoms with Gasteiger partial charge in [0.05, 0.1) is 6.10 Å². The van der Waals surface area contributed by atoms with Crippen LogP contribution in [0.4, 0.5) is 5.82 Å².